The number of nitrogens with zero attached hydrogens (tertiary/aromatic N) is 1. The summed E-state index contributed by atoms with van der Waals surface area (Å²) in [4.78, 5) is 2.21. The van der Waals surface area contributed by atoms with Gasteiger partial charge >= 0.3 is 0 Å². The van der Waals surface area contributed by atoms with Crippen LogP contribution in [0.15, 0.2) is 48.9 Å². The third-order valence-corrected chi connectivity index (χ3v) is 3.48. The predicted octanol–water partition coefficient (Wildman–Crippen LogP) is 5.32. The molecule has 0 fully saturated rings. The molecule has 0 aromatic rings. The fourth-order valence-electron chi connectivity index (χ4n) is 2.47. The van der Waals surface area contributed by atoms with Crippen molar-refractivity contribution >= 4 is 7.28 Å². The molecule has 0 N–H and O–H groups in total. The largest absolute Gasteiger partial charge is 0.346 e. The summed E-state index contributed by atoms with van der Waals surface area (Å²) in [6, 6.07) is 0.405. The summed E-state index contributed by atoms with van der Waals surface area (Å²) in [5.74, 6) is 0.651. The van der Waals surface area contributed by atoms with Crippen molar-refractivity contribution in [3.8, 4) is 0 Å². The van der Waals surface area contributed by atoms with Crippen LogP contribution in [0.2, 0.25) is 11.1 Å². The Morgan fingerprint density at radius 1 is 1.15 bits per heavy atom. The highest BCUT2D eigenvalue weighted by molar-refractivity contribution is 6.43. The van der Waals surface area contributed by atoms with E-state index in [2.05, 4.69) is 84.8 Å². The van der Waals surface area contributed by atoms with Crippen LogP contribution >= 0.6 is 0 Å². The van der Waals surface area contributed by atoms with Crippen molar-refractivity contribution in [2.75, 3.05) is 0 Å². The number of allylic oxidation sites excluding steroid dienone is 4. The topological polar surface area (TPSA) is 3.24 Å². The minimum absolute atomic E-state index is 0.0404. The van der Waals surface area contributed by atoms with Crippen LogP contribution in [-0.4, -0.2) is 18.2 Å². The van der Waals surface area contributed by atoms with Gasteiger partial charge < -0.3 is 4.90 Å². The van der Waals surface area contributed by atoms with Gasteiger partial charge in [-0.3, -0.25) is 0 Å². The van der Waals surface area contributed by atoms with E-state index in [1.807, 2.05) is 6.20 Å². The van der Waals surface area contributed by atoms with Crippen LogP contribution in [0.3, 0.4) is 0 Å². The maximum Gasteiger partial charge on any atom is 0.140 e. The first-order chi connectivity index (χ1) is 9.16. The molecule has 0 aliphatic rings. The fraction of sp³-hybridized carbons (Fsp3) is 0.556. The average molecular weight is 273 g/mol. The Kier molecular flexibility index (Phi) is 7.71. The quantitative estimate of drug-likeness (QED) is 0.328. The molecule has 0 aromatic carbocycles. The summed E-state index contributed by atoms with van der Waals surface area (Å²) < 4.78 is 0. The number of hydrogen-bond donors (Lipinski definition) is 0. The van der Waals surface area contributed by atoms with Crippen molar-refractivity contribution in [1.82, 2.24) is 4.90 Å². The molecule has 20 heavy (non-hydrogen) atoms. The Balaban J connectivity index is 5.38. The van der Waals surface area contributed by atoms with E-state index in [4.69, 9.17) is 0 Å². The second-order valence-corrected chi connectivity index (χ2v) is 6.71. The first-order valence-corrected chi connectivity index (χ1v) is 7.58. The minimum atomic E-state index is 0.0404. The molecule has 0 aromatic heterocycles. The lowest BCUT2D eigenvalue weighted by Gasteiger charge is -2.29. The Hall–Kier alpha value is -1.18. The van der Waals surface area contributed by atoms with Crippen molar-refractivity contribution in [3.05, 3.63) is 48.9 Å². The van der Waals surface area contributed by atoms with Crippen molar-refractivity contribution in [1.29, 1.82) is 0 Å². The second-order valence-electron chi connectivity index (χ2n) is 6.71. The molecule has 1 nitrogen and oxygen atoms in total. The van der Waals surface area contributed by atoms with Crippen LogP contribution in [0.4, 0.5) is 0 Å². The summed E-state index contributed by atoms with van der Waals surface area (Å²) in [6.07, 6.45) is 8.47. The zero-order chi connectivity index (χ0) is 15.9. The zero-order valence-electron chi connectivity index (χ0n) is 14.5. The molecule has 1 atom stereocenters. The SMILES string of the molecule is C=CN(C(/C=C\C(C)(BC(C)C)C=C)=C(C)C)C(C)C. The molecule has 0 amide bonds. The Morgan fingerprint density at radius 2 is 1.70 bits per heavy atom. The molecule has 0 heterocycles. The van der Waals surface area contributed by atoms with Gasteiger partial charge in [-0.1, -0.05) is 50.9 Å². The predicted molar refractivity (Wildman–Crippen MR) is 95.5 cm³/mol. The molecule has 0 rings (SSSR count). The van der Waals surface area contributed by atoms with E-state index in [1.165, 1.54) is 11.3 Å². The lowest BCUT2D eigenvalue weighted by Crippen LogP contribution is -2.24. The van der Waals surface area contributed by atoms with E-state index in [-0.39, 0.29) is 5.31 Å². The van der Waals surface area contributed by atoms with Crippen molar-refractivity contribution in [2.45, 2.75) is 65.6 Å². The van der Waals surface area contributed by atoms with Gasteiger partial charge in [-0.05, 0) is 45.3 Å². The van der Waals surface area contributed by atoms with E-state index in [9.17, 15) is 0 Å². The highest BCUT2D eigenvalue weighted by atomic mass is 15.1. The van der Waals surface area contributed by atoms with E-state index in [0.717, 1.165) is 7.28 Å². The van der Waals surface area contributed by atoms with E-state index in [1.54, 1.807) is 0 Å². The van der Waals surface area contributed by atoms with Gasteiger partial charge in [0.2, 0.25) is 0 Å². The third-order valence-electron chi connectivity index (χ3n) is 3.48. The molecular formula is C18H32BN. The van der Waals surface area contributed by atoms with Crippen LogP contribution in [-0.2, 0) is 0 Å². The minimum Gasteiger partial charge on any atom is -0.346 e. The summed E-state index contributed by atoms with van der Waals surface area (Å²) in [6.45, 7) is 23.3. The summed E-state index contributed by atoms with van der Waals surface area (Å²) in [7, 11) is 1.11. The van der Waals surface area contributed by atoms with Crippen LogP contribution in [0, 0.1) is 0 Å². The van der Waals surface area contributed by atoms with E-state index >= 15 is 0 Å². The van der Waals surface area contributed by atoms with Crippen LogP contribution in [0.1, 0.15) is 48.5 Å². The molecule has 1 unspecified atom stereocenters. The van der Waals surface area contributed by atoms with Crippen LogP contribution in [0.5, 0.6) is 0 Å². The molecule has 0 radical (unpaired) electrons. The van der Waals surface area contributed by atoms with Crippen molar-refractivity contribution in [3.63, 3.8) is 0 Å². The van der Waals surface area contributed by atoms with Gasteiger partial charge in [0.1, 0.15) is 7.28 Å². The van der Waals surface area contributed by atoms with E-state index in [0.29, 0.717) is 11.9 Å². The lowest BCUT2D eigenvalue weighted by molar-refractivity contribution is 0.392. The summed E-state index contributed by atoms with van der Waals surface area (Å²) >= 11 is 0. The number of rotatable bonds is 8. The Morgan fingerprint density at radius 3 is 2.00 bits per heavy atom. The maximum atomic E-state index is 4.01. The molecule has 0 bridgehead atoms. The molecule has 112 valence electrons. The molecule has 0 aliphatic carbocycles. The maximum absolute atomic E-state index is 4.01. The Labute approximate surface area is 127 Å². The smallest absolute Gasteiger partial charge is 0.140 e. The van der Waals surface area contributed by atoms with Gasteiger partial charge in [0.15, 0.2) is 0 Å². The zero-order valence-corrected chi connectivity index (χ0v) is 14.5. The van der Waals surface area contributed by atoms with Crippen LogP contribution in [0.25, 0.3) is 0 Å². The van der Waals surface area contributed by atoms with Crippen molar-refractivity contribution in [2.24, 2.45) is 0 Å². The lowest BCUT2D eigenvalue weighted by atomic mass is 9.47. The highest BCUT2D eigenvalue weighted by Crippen LogP contribution is 2.32. The van der Waals surface area contributed by atoms with Crippen molar-refractivity contribution < 1.29 is 0 Å². The normalized spacial score (nSPS) is 14.2. The molecule has 0 aliphatic heterocycles. The van der Waals surface area contributed by atoms with Gasteiger partial charge in [-0.25, -0.2) is 0 Å². The monoisotopic (exact) mass is 273 g/mol. The summed E-state index contributed by atoms with van der Waals surface area (Å²) in [5, 5.41) is 0.0404. The first-order valence-electron chi connectivity index (χ1n) is 7.58. The highest BCUT2D eigenvalue weighted by Gasteiger charge is 2.20. The van der Waals surface area contributed by atoms with E-state index < -0.39 is 0 Å². The van der Waals surface area contributed by atoms with Gasteiger partial charge in [0, 0.05) is 11.7 Å². The van der Waals surface area contributed by atoms with Gasteiger partial charge in [-0.15, -0.1) is 6.58 Å². The molecule has 0 saturated carbocycles. The Bertz CT molecular complexity index is 386. The van der Waals surface area contributed by atoms with Crippen LogP contribution < -0.4 is 0 Å². The van der Waals surface area contributed by atoms with Gasteiger partial charge in [-0.2, -0.15) is 0 Å². The average Bonchev–Trinajstić information content (AvgIpc) is 2.32. The third kappa shape index (κ3) is 5.86. The molecule has 0 saturated heterocycles. The second kappa shape index (κ2) is 8.19. The molecule has 0 spiro atoms. The number of hydrogen-bond acceptors (Lipinski definition) is 1. The van der Waals surface area contributed by atoms with Gasteiger partial charge in [0.25, 0.3) is 0 Å². The van der Waals surface area contributed by atoms with Gasteiger partial charge in [0.05, 0.1) is 0 Å². The molecular weight excluding hydrogens is 241 g/mol. The first kappa shape index (κ1) is 18.8. The standard InChI is InChI=1S/C18H32BN/c1-10-18(9,19-15(5)6)13-12-17(14(3)4)20(11-2)16(7)8/h10-13,15-16,19H,1-2H2,3-9H3/b13-12-. The molecule has 2 heteroatoms. The fourth-order valence-corrected chi connectivity index (χ4v) is 2.47. The summed E-state index contributed by atoms with van der Waals surface area (Å²) in [5.41, 5.74) is 2.53.